The summed E-state index contributed by atoms with van der Waals surface area (Å²) in [5.41, 5.74) is 3.39. The van der Waals surface area contributed by atoms with E-state index in [0.717, 1.165) is 10.0 Å². The molecule has 0 saturated heterocycles. The number of carbonyl (C=O) groups excluding carboxylic acids is 2. The Morgan fingerprint density at radius 3 is 2.61 bits per heavy atom. The number of alkyl carbamates (subject to hydrolysis) is 1. The molecule has 0 bridgehead atoms. The van der Waals surface area contributed by atoms with E-state index >= 15 is 0 Å². The van der Waals surface area contributed by atoms with E-state index in [-0.39, 0.29) is 12.5 Å². The van der Waals surface area contributed by atoms with E-state index in [1.807, 2.05) is 18.2 Å². The zero-order valence-electron chi connectivity index (χ0n) is 18.3. The Kier molecular flexibility index (Phi) is 6.03. The molecule has 0 atom stereocenters. The van der Waals surface area contributed by atoms with Crippen LogP contribution in [0.3, 0.4) is 0 Å². The summed E-state index contributed by atoms with van der Waals surface area (Å²) < 4.78 is 11.3. The second-order valence-electron chi connectivity index (χ2n) is 8.47. The molecule has 0 spiro atoms. The molecule has 1 aromatic heterocycles. The van der Waals surface area contributed by atoms with Gasteiger partial charge in [0.1, 0.15) is 5.60 Å². The van der Waals surface area contributed by atoms with Crippen molar-refractivity contribution in [2.24, 2.45) is 0 Å². The lowest BCUT2D eigenvalue weighted by molar-refractivity contribution is -0.110. The molecule has 2 aromatic carbocycles. The second kappa shape index (κ2) is 8.78. The van der Waals surface area contributed by atoms with Crippen LogP contribution in [-0.4, -0.2) is 35.7 Å². The van der Waals surface area contributed by atoms with Gasteiger partial charge in [0.15, 0.2) is 5.58 Å². The highest BCUT2D eigenvalue weighted by molar-refractivity contribution is 9.10. The van der Waals surface area contributed by atoms with E-state index < -0.39 is 17.5 Å². The number of aromatic nitrogens is 1. The van der Waals surface area contributed by atoms with Crippen LogP contribution >= 0.6 is 15.9 Å². The lowest BCUT2D eigenvalue weighted by Gasteiger charge is -2.20. The molecule has 9 nitrogen and oxygen atoms in total. The molecule has 4 N–H and O–H groups in total. The molecule has 0 fully saturated rings. The monoisotopic (exact) mass is 514 g/mol. The number of rotatable bonds is 5. The Morgan fingerprint density at radius 2 is 1.85 bits per heavy atom. The zero-order valence-corrected chi connectivity index (χ0v) is 19.9. The van der Waals surface area contributed by atoms with Crippen molar-refractivity contribution in [3.63, 3.8) is 0 Å². The van der Waals surface area contributed by atoms with E-state index in [1.54, 1.807) is 39.0 Å². The molecule has 2 heterocycles. The van der Waals surface area contributed by atoms with Crippen molar-refractivity contribution in [3.8, 4) is 0 Å². The average Bonchev–Trinajstić information content (AvgIpc) is 3.24. The van der Waals surface area contributed by atoms with Gasteiger partial charge < -0.3 is 25.1 Å². The number of carbonyl (C=O) groups is 2. The molecule has 3 aromatic rings. The van der Waals surface area contributed by atoms with Crippen LogP contribution in [0.1, 0.15) is 31.9 Å². The SMILES string of the molecule is CC(C)(C)OC(=O)NCCN/C(=C1\C(=O)Nc2ccc(Br)cc21)c1ccc2[nH]c(=O)oc2c1. The smallest absolute Gasteiger partial charge is 0.417 e. The fourth-order valence-corrected chi connectivity index (χ4v) is 3.85. The molecule has 10 heteroatoms. The number of oxazole rings is 1. The molecule has 0 aliphatic carbocycles. The summed E-state index contributed by atoms with van der Waals surface area (Å²) in [6.45, 7) is 5.95. The first-order valence-electron chi connectivity index (χ1n) is 10.3. The highest BCUT2D eigenvalue weighted by atomic mass is 79.9. The number of benzene rings is 2. The molecule has 33 heavy (non-hydrogen) atoms. The Hall–Kier alpha value is -3.53. The molecule has 1 aliphatic rings. The molecule has 172 valence electrons. The Bertz CT molecular complexity index is 1330. The predicted octanol–water partition coefficient (Wildman–Crippen LogP) is 3.82. The number of fused-ring (bicyclic) bond motifs is 2. The van der Waals surface area contributed by atoms with Crippen molar-refractivity contribution in [1.82, 2.24) is 15.6 Å². The number of anilines is 1. The van der Waals surface area contributed by atoms with Gasteiger partial charge in [-0.25, -0.2) is 9.59 Å². The summed E-state index contributed by atoms with van der Waals surface area (Å²) in [5, 5.41) is 8.83. The fourth-order valence-electron chi connectivity index (χ4n) is 3.49. The maximum absolute atomic E-state index is 12.9. The van der Waals surface area contributed by atoms with Crippen molar-refractivity contribution in [1.29, 1.82) is 0 Å². The number of hydrogen-bond acceptors (Lipinski definition) is 6. The van der Waals surface area contributed by atoms with E-state index in [2.05, 4.69) is 36.9 Å². The van der Waals surface area contributed by atoms with Gasteiger partial charge in [0.25, 0.3) is 5.91 Å². The van der Waals surface area contributed by atoms with E-state index in [9.17, 15) is 14.4 Å². The van der Waals surface area contributed by atoms with Crippen LogP contribution in [0.5, 0.6) is 0 Å². The summed E-state index contributed by atoms with van der Waals surface area (Å²) >= 11 is 3.46. The van der Waals surface area contributed by atoms with Crippen molar-refractivity contribution >= 4 is 56.0 Å². The van der Waals surface area contributed by atoms with Crippen molar-refractivity contribution in [2.75, 3.05) is 18.4 Å². The number of aromatic amines is 1. The van der Waals surface area contributed by atoms with Gasteiger partial charge in [0, 0.05) is 34.4 Å². The Labute approximate surface area is 197 Å². The van der Waals surface area contributed by atoms with Crippen LogP contribution in [0.4, 0.5) is 10.5 Å². The molecule has 0 saturated carbocycles. The molecular weight excluding hydrogens is 492 g/mol. The number of halogens is 1. The summed E-state index contributed by atoms with van der Waals surface area (Å²) in [5.74, 6) is -0.819. The molecule has 0 radical (unpaired) electrons. The number of H-pyrrole nitrogens is 1. The van der Waals surface area contributed by atoms with Gasteiger partial charge in [-0.3, -0.25) is 9.78 Å². The number of amides is 2. The lowest BCUT2D eigenvalue weighted by Crippen LogP contribution is -2.36. The summed E-state index contributed by atoms with van der Waals surface area (Å²) in [7, 11) is 0. The quantitative estimate of drug-likeness (QED) is 0.303. The van der Waals surface area contributed by atoms with Crippen LogP contribution in [-0.2, 0) is 9.53 Å². The Morgan fingerprint density at radius 1 is 1.09 bits per heavy atom. The lowest BCUT2D eigenvalue weighted by atomic mass is 10.00. The van der Waals surface area contributed by atoms with Gasteiger partial charge in [0.05, 0.1) is 16.8 Å². The van der Waals surface area contributed by atoms with E-state index in [1.165, 1.54) is 0 Å². The van der Waals surface area contributed by atoms with Crippen LogP contribution < -0.4 is 21.7 Å². The third-order valence-electron chi connectivity index (χ3n) is 4.78. The number of nitrogens with one attached hydrogen (secondary N) is 4. The minimum absolute atomic E-state index is 0.263. The molecule has 2 amide bonds. The van der Waals surface area contributed by atoms with E-state index in [0.29, 0.717) is 40.2 Å². The highest BCUT2D eigenvalue weighted by Crippen LogP contribution is 2.38. The van der Waals surface area contributed by atoms with Crippen molar-refractivity contribution < 1.29 is 18.7 Å². The predicted molar refractivity (Wildman–Crippen MR) is 129 cm³/mol. The summed E-state index contributed by atoms with van der Waals surface area (Å²) in [6, 6.07) is 10.7. The largest absolute Gasteiger partial charge is 0.444 e. The number of hydrogen-bond donors (Lipinski definition) is 4. The first-order valence-corrected chi connectivity index (χ1v) is 11.1. The molecule has 0 unspecified atom stereocenters. The summed E-state index contributed by atoms with van der Waals surface area (Å²) in [6.07, 6.45) is -0.526. The van der Waals surface area contributed by atoms with Gasteiger partial charge in [-0.1, -0.05) is 22.0 Å². The third-order valence-corrected chi connectivity index (χ3v) is 5.27. The first-order chi connectivity index (χ1) is 15.6. The molecule has 1 aliphatic heterocycles. The minimum Gasteiger partial charge on any atom is -0.444 e. The van der Waals surface area contributed by atoms with Gasteiger partial charge in [-0.15, -0.1) is 0 Å². The van der Waals surface area contributed by atoms with Crippen molar-refractivity contribution in [3.05, 3.63) is 62.5 Å². The fraction of sp³-hybridized carbons (Fsp3) is 0.261. The van der Waals surface area contributed by atoms with E-state index in [4.69, 9.17) is 9.15 Å². The zero-order chi connectivity index (χ0) is 23.8. The number of ether oxygens (including phenoxy) is 1. The van der Waals surface area contributed by atoms with Gasteiger partial charge >= 0.3 is 11.8 Å². The standard InChI is InChI=1S/C23H23BrN4O5/c1-23(2,3)33-21(30)26-9-8-25-19(12-4-6-16-17(10-12)32-22(31)28-16)18-14-11-13(24)5-7-15(14)27-20(18)29/h4-7,10-11,25H,8-9H2,1-3H3,(H,26,30)(H,27,29)(H,28,31)/b19-18-. The second-order valence-corrected chi connectivity index (χ2v) is 9.39. The van der Waals surface area contributed by atoms with Crippen LogP contribution in [0.25, 0.3) is 22.4 Å². The molecule has 4 rings (SSSR count). The van der Waals surface area contributed by atoms with Crippen molar-refractivity contribution in [2.45, 2.75) is 26.4 Å². The topological polar surface area (TPSA) is 125 Å². The Balaban J connectivity index is 1.67. The highest BCUT2D eigenvalue weighted by Gasteiger charge is 2.28. The third kappa shape index (κ3) is 5.11. The van der Waals surface area contributed by atoms with Crippen LogP contribution in [0.2, 0.25) is 0 Å². The van der Waals surface area contributed by atoms with Gasteiger partial charge in [-0.05, 0) is 51.1 Å². The maximum atomic E-state index is 12.9. The van der Waals surface area contributed by atoms with Gasteiger partial charge in [-0.2, -0.15) is 0 Å². The van der Waals surface area contributed by atoms with Crippen LogP contribution in [0.15, 0.2) is 50.1 Å². The van der Waals surface area contributed by atoms with Crippen LogP contribution in [0, 0.1) is 0 Å². The van der Waals surface area contributed by atoms with Gasteiger partial charge in [0.2, 0.25) is 0 Å². The first kappa shape index (κ1) is 22.7. The normalized spacial score (nSPS) is 14.6. The summed E-state index contributed by atoms with van der Waals surface area (Å²) in [4.78, 5) is 39.1. The molecular formula is C23H23BrN4O5. The average molecular weight is 515 g/mol. The minimum atomic E-state index is -0.598. The maximum Gasteiger partial charge on any atom is 0.417 e.